The maximum absolute atomic E-state index is 13.3. The predicted octanol–water partition coefficient (Wildman–Crippen LogP) is 1.84. The molecule has 1 aromatic rings. The Hall–Kier alpha value is -1.05. The van der Waals surface area contributed by atoms with Crippen LogP contribution >= 0.6 is 11.3 Å². The molecule has 3 saturated heterocycles. The first-order valence-corrected chi connectivity index (χ1v) is 9.88. The lowest BCUT2D eigenvalue weighted by molar-refractivity contribution is -0.150. The molecule has 6 nitrogen and oxygen atoms in total. The summed E-state index contributed by atoms with van der Waals surface area (Å²) in [5.41, 5.74) is -0.156. The van der Waals surface area contributed by atoms with Crippen LogP contribution in [-0.4, -0.2) is 64.8 Å². The lowest BCUT2D eigenvalue weighted by Crippen LogP contribution is -2.54. The number of likely N-dealkylation sites (tertiary alicyclic amines) is 2. The Morgan fingerprint density at radius 3 is 2.83 bits per heavy atom. The summed E-state index contributed by atoms with van der Waals surface area (Å²) >= 11 is 1.66. The molecule has 0 saturated carbocycles. The number of aryl methyl sites for hydroxylation is 1. The Kier molecular flexibility index (Phi) is 4.58. The molecule has 0 radical (unpaired) electrons. The number of amides is 1. The Labute approximate surface area is 147 Å². The molecule has 0 unspecified atom stereocenters. The molecule has 0 bridgehead atoms. The van der Waals surface area contributed by atoms with Crippen LogP contribution in [0, 0.1) is 12.3 Å². The summed E-state index contributed by atoms with van der Waals surface area (Å²) in [6.07, 6.45) is 5.15. The van der Waals surface area contributed by atoms with E-state index in [0.29, 0.717) is 11.9 Å². The van der Waals surface area contributed by atoms with Crippen molar-refractivity contribution in [2.75, 3.05) is 32.8 Å². The number of carbonyl (C=O) groups is 1. The van der Waals surface area contributed by atoms with Gasteiger partial charge in [0.25, 0.3) is 0 Å². The van der Waals surface area contributed by atoms with E-state index in [1.165, 1.54) is 0 Å². The van der Waals surface area contributed by atoms with E-state index < -0.39 is 0 Å². The van der Waals surface area contributed by atoms with Crippen molar-refractivity contribution in [3.63, 3.8) is 0 Å². The fourth-order valence-electron chi connectivity index (χ4n) is 4.51. The van der Waals surface area contributed by atoms with Crippen LogP contribution in [0.3, 0.4) is 0 Å². The molecule has 0 N–H and O–H groups in total. The van der Waals surface area contributed by atoms with Gasteiger partial charge in [-0.1, -0.05) is 0 Å². The van der Waals surface area contributed by atoms with Crippen molar-refractivity contribution in [2.24, 2.45) is 5.41 Å². The van der Waals surface area contributed by atoms with Crippen LogP contribution in [0.25, 0.3) is 0 Å². The van der Waals surface area contributed by atoms with Crippen LogP contribution in [-0.2, 0) is 16.1 Å². The maximum atomic E-state index is 13.3. The van der Waals surface area contributed by atoms with E-state index in [0.717, 1.165) is 81.5 Å². The Balaban J connectivity index is 1.43. The lowest BCUT2D eigenvalue weighted by atomic mass is 9.77. The number of hydrogen-bond donors (Lipinski definition) is 0. The molecule has 24 heavy (non-hydrogen) atoms. The molecular weight excluding hydrogens is 324 g/mol. The summed E-state index contributed by atoms with van der Waals surface area (Å²) < 4.78 is 5.47. The number of rotatable bonds is 3. The number of nitrogens with zero attached hydrogens (tertiary/aromatic N) is 4. The van der Waals surface area contributed by atoms with E-state index in [1.54, 1.807) is 11.3 Å². The SMILES string of the molecule is Cc1nnc(CN2CC[C@@]3(CCCN(C4CCOCC4)C3=O)C2)s1. The fraction of sp³-hybridized carbons (Fsp3) is 0.824. The normalized spacial score (nSPS) is 29.7. The van der Waals surface area contributed by atoms with Gasteiger partial charge >= 0.3 is 0 Å². The van der Waals surface area contributed by atoms with Gasteiger partial charge in [-0.05, 0) is 45.6 Å². The van der Waals surface area contributed by atoms with Crippen molar-refractivity contribution in [1.29, 1.82) is 0 Å². The summed E-state index contributed by atoms with van der Waals surface area (Å²) in [6, 6.07) is 0.392. The summed E-state index contributed by atoms with van der Waals surface area (Å²) in [6.45, 7) is 7.21. The number of piperidine rings is 1. The van der Waals surface area contributed by atoms with Crippen molar-refractivity contribution in [3.8, 4) is 0 Å². The van der Waals surface area contributed by atoms with Gasteiger partial charge in [-0.3, -0.25) is 9.69 Å². The summed E-state index contributed by atoms with van der Waals surface area (Å²) in [7, 11) is 0. The molecule has 3 fully saturated rings. The standard InChI is InChI=1S/C17H26N4O2S/c1-13-18-19-15(24-13)11-20-8-6-17(12-20)5-2-7-21(16(17)22)14-3-9-23-10-4-14/h14H,2-12H2,1H3/t17-/m0/s1. The average Bonchev–Trinajstić information content (AvgIpc) is 3.19. The minimum absolute atomic E-state index is 0.156. The highest BCUT2D eigenvalue weighted by atomic mass is 32.1. The van der Waals surface area contributed by atoms with Gasteiger partial charge in [0.1, 0.15) is 10.0 Å². The third-order valence-electron chi connectivity index (χ3n) is 5.76. The van der Waals surface area contributed by atoms with Crippen molar-refractivity contribution >= 4 is 17.2 Å². The first-order chi connectivity index (χ1) is 11.7. The van der Waals surface area contributed by atoms with E-state index in [-0.39, 0.29) is 5.41 Å². The Morgan fingerprint density at radius 1 is 1.25 bits per heavy atom. The molecule has 0 aromatic carbocycles. The summed E-state index contributed by atoms with van der Waals surface area (Å²) in [4.78, 5) is 17.9. The number of hydrogen-bond acceptors (Lipinski definition) is 6. The minimum atomic E-state index is -0.156. The molecule has 1 amide bonds. The van der Waals surface area contributed by atoms with E-state index in [4.69, 9.17) is 4.74 Å². The Morgan fingerprint density at radius 2 is 2.08 bits per heavy atom. The van der Waals surface area contributed by atoms with Gasteiger partial charge in [0.2, 0.25) is 5.91 Å². The van der Waals surface area contributed by atoms with E-state index in [2.05, 4.69) is 20.0 Å². The molecule has 3 aliphatic rings. The van der Waals surface area contributed by atoms with E-state index in [9.17, 15) is 4.79 Å². The molecule has 132 valence electrons. The molecule has 7 heteroatoms. The zero-order valence-electron chi connectivity index (χ0n) is 14.4. The molecule has 1 atom stereocenters. The number of ether oxygens (including phenoxy) is 1. The van der Waals surface area contributed by atoms with Crippen LogP contribution in [0.15, 0.2) is 0 Å². The van der Waals surface area contributed by atoms with Gasteiger partial charge in [-0.25, -0.2) is 0 Å². The average molecular weight is 350 g/mol. The monoisotopic (exact) mass is 350 g/mol. The fourth-order valence-corrected chi connectivity index (χ4v) is 5.26. The van der Waals surface area contributed by atoms with E-state index >= 15 is 0 Å². The first kappa shape index (κ1) is 16.4. The second-order valence-corrected chi connectivity index (χ2v) is 8.67. The topological polar surface area (TPSA) is 58.6 Å². The van der Waals surface area contributed by atoms with Crippen LogP contribution in [0.2, 0.25) is 0 Å². The van der Waals surface area contributed by atoms with Gasteiger partial charge < -0.3 is 9.64 Å². The number of carbonyl (C=O) groups excluding carboxylic acids is 1. The maximum Gasteiger partial charge on any atom is 0.230 e. The predicted molar refractivity (Wildman–Crippen MR) is 91.8 cm³/mol. The molecule has 1 spiro atoms. The second-order valence-electron chi connectivity index (χ2n) is 7.40. The molecule has 0 aliphatic carbocycles. The Bertz CT molecular complexity index is 601. The molecule has 4 heterocycles. The third kappa shape index (κ3) is 3.09. The van der Waals surface area contributed by atoms with Crippen molar-refractivity contribution < 1.29 is 9.53 Å². The third-order valence-corrected chi connectivity index (χ3v) is 6.58. The minimum Gasteiger partial charge on any atom is -0.381 e. The van der Waals surface area contributed by atoms with Gasteiger partial charge in [-0.15, -0.1) is 21.5 Å². The van der Waals surface area contributed by atoms with Crippen LogP contribution in [0.1, 0.15) is 42.1 Å². The van der Waals surface area contributed by atoms with Crippen molar-refractivity contribution in [3.05, 3.63) is 10.0 Å². The van der Waals surface area contributed by atoms with Crippen LogP contribution < -0.4 is 0 Å². The van der Waals surface area contributed by atoms with Crippen molar-refractivity contribution in [2.45, 2.75) is 51.6 Å². The van der Waals surface area contributed by atoms with Crippen molar-refractivity contribution in [1.82, 2.24) is 20.0 Å². The summed E-state index contributed by atoms with van der Waals surface area (Å²) in [5.74, 6) is 0.400. The summed E-state index contributed by atoms with van der Waals surface area (Å²) in [5, 5.41) is 10.4. The molecule has 3 aliphatic heterocycles. The molecule has 1 aromatic heterocycles. The molecule has 4 rings (SSSR count). The highest BCUT2D eigenvalue weighted by Gasteiger charge is 2.49. The quantitative estimate of drug-likeness (QED) is 0.832. The number of aromatic nitrogens is 2. The highest BCUT2D eigenvalue weighted by molar-refractivity contribution is 7.11. The van der Waals surface area contributed by atoms with Gasteiger partial charge in [0, 0.05) is 32.3 Å². The lowest BCUT2D eigenvalue weighted by Gasteiger charge is -2.44. The largest absolute Gasteiger partial charge is 0.381 e. The zero-order valence-corrected chi connectivity index (χ0v) is 15.2. The van der Waals surface area contributed by atoms with E-state index in [1.807, 2.05) is 6.92 Å². The van der Waals surface area contributed by atoms with Crippen LogP contribution in [0.5, 0.6) is 0 Å². The van der Waals surface area contributed by atoms with Crippen LogP contribution in [0.4, 0.5) is 0 Å². The zero-order chi connectivity index (χ0) is 16.6. The highest BCUT2D eigenvalue weighted by Crippen LogP contribution is 2.41. The first-order valence-electron chi connectivity index (χ1n) is 9.06. The van der Waals surface area contributed by atoms with Gasteiger partial charge in [0.15, 0.2) is 0 Å². The van der Waals surface area contributed by atoms with Gasteiger partial charge in [-0.2, -0.15) is 0 Å². The smallest absolute Gasteiger partial charge is 0.230 e. The molecular formula is C17H26N4O2S. The van der Waals surface area contributed by atoms with Gasteiger partial charge in [0.05, 0.1) is 12.0 Å². The second kappa shape index (κ2) is 6.69.